The van der Waals surface area contributed by atoms with Crippen LogP contribution in [0.5, 0.6) is 0 Å². The van der Waals surface area contributed by atoms with Crippen LogP contribution in [-0.4, -0.2) is 22.0 Å². The van der Waals surface area contributed by atoms with Crippen molar-refractivity contribution in [3.05, 3.63) is 38.0 Å². The third-order valence-electron chi connectivity index (χ3n) is 2.67. The number of thiazole rings is 1. The molecule has 5 nitrogen and oxygen atoms in total. The molecule has 0 saturated carbocycles. The number of nitrogens with zero attached hydrogens (tertiary/aromatic N) is 1. The highest BCUT2D eigenvalue weighted by Crippen LogP contribution is 2.23. The molecule has 0 saturated heterocycles. The molecule has 106 valence electrons. The van der Waals surface area contributed by atoms with Crippen molar-refractivity contribution in [1.29, 1.82) is 0 Å². The van der Waals surface area contributed by atoms with Crippen LogP contribution in [0.4, 0.5) is 0 Å². The molecule has 0 spiro atoms. The molecule has 0 unspecified atom stereocenters. The summed E-state index contributed by atoms with van der Waals surface area (Å²) in [6, 6.07) is 3.52. The number of nitrogens with one attached hydrogen (secondary N) is 1. The van der Waals surface area contributed by atoms with Gasteiger partial charge in [-0.05, 0) is 25.3 Å². The van der Waals surface area contributed by atoms with E-state index in [1.165, 1.54) is 11.3 Å². The number of hydrogen-bond acceptors (Lipinski definition) is 5. The van der Waals surface area contributed by atoms with Gasteiger partial charge in [-0.25, -0.2) is 9.78 Å². The zero-order valence-corrected chi connectivity index (χ0v) is 12.7. The summed E-state index contributed by atoms with van der Waals surface area (Å²) in [5.41, 5.74) is 0.483. The molecule has 2 heterocycles. The molecule has 0 aliphatic heterocycles. The first kappa shape index (κ1) is 14.7. The van der Waals surface area contributed by atoms with Gasteiger partial charge in [0.05, 0.1) is 18.2 Å². The second-order valence-electron chi connectivity index (χ2n) is 4.32. The predicted octanol–water partition coefficient (Wildman–Crippen LogP) is 2.63. The molecule has 0 radical (unpaired) electrons. The number of thiophene rings is 1. The van der Waals surface area contributed by atoms with Gasteiger partial charge in [-0.2, -0.15) is 0 Å². The fraction of sp³-hybridized carbons (Fsp3) is 0.308. The summed E-state index contributed by atoms with van der Waals surface area (Å²) < 4.78 is 0. The summed E-state index contributed by atoms with van der Waals surface area (Å²) in [5, 5.41) is 14.4. The summed E-state index contributed by atoms with van der Waals surface area (Å²) in [4.78, 5) is 28.3. The van der Waals surface area contributed by atoms with Crippen molar-refractivity contribution < 1.29 is 14.7 Å². The SMILES string of the molecule is Cc1nc([C@H](C)NC(=O)Cc2cccs2)sc1C(=O)O. The molecule has 7 heteroatoms. The Balaban J connectivity index is 2.01. The van der Waals surface area contributed by atoms with Gasteiger partial charge in [0.1, 0.15) is 9.88 Å². The predicted molar refractivity (Wildman–Crippen MR) is 78.4 cm³/mol. The molecule has 0 bridgehead atoms. The molecule has 0 aliphatic rings. The molecular weight excluding hydrogens is 296 g/mol. The summed E-state index contributed by atoms with van der Waals surface area (Å²) >= 11 is 2.64. The van der Waals surface area contributed by atoms with Crippen LogP contribution in [0.3, 0.4) is 0 Å². The van der Waals surface area contributed by atoms with Crippen molar-refractivity contribution in [2.75, 3.05) is 0 Å². The lowest BCUT2D eigenvalue weighted by molar-refractivity contribution is -0.121. The lowest BCUT2D eigenvalue weighted by Crippen LogP contribution is -2.27. The Morgan fingerprint density at radius 3 is 2.80 bits per heavy atom. The van der Waals surface area contributed by atoms with Crippen molar-refractivity contribution in [3.63, 3.8) is 0 Å². The van der Waals surface area contributed by atoms with Crippen LogP contribution in [0.25, 0.3) is 0 Å². The van der Waals surface area contributed by atoms with Crippen molar-refractivity contribution in [1.82, 2.24) is 10.3 Å². The second kappa shape index (κ2) is 6.15. The van der Waals surface area contributed by atoms with Gasteiger partial charge in [-0.3, -0.25) is 4.79 Å². The first-order valence-electron chi connectivity index (χ1n) is 5.99. The highest BCUT2D eigenvalue weighted by atomic mass is 32.1. The fourth-order valence-electron chi connectivity index (χ4n) is 1.73. The van der Waals surface area contributed by atoms with Crippen LogP contribution in [0.1, 0.15) is 38.2 Å². The largest absolute Gasteiger partial charge is 0.477 e. The summed E-state index contributed by atoms with van der Waals surface area (Å²) in [6.07, 6.45) is 0.331. The molecule has 20 heavy (non-hydrogen) atoms. The van der Waals surface area contributed by atoms with Crippen LogP contribution in [0.15, 0.2) is 17.5 Å². The molecule has 0 aromatic carbocycles. The van der Waals surface area contributed by atoms with E-state index in [9.17, 15) is 9.59 Å². The number of aryl methyl sites for hydroxylation is 1. The van der Waals surface area contributed by atoms with Gasteiger partial charge < -0.3 is 10.4 Å². The number of carbonyl (C=O) groups is 2. The standard InChI is InChI=1S/C13H14N2O3S2/c1-7-11(13(17)18)20-12(15-7)8(2)14-10(16)6-9-4-3-5-19-9/h3-5,8H,6H2,1-2H3,(H,14,16)(H,17,18)/t8-/m0/s1. The van der Waals surface area contributed by atoms with Gasteiger partial charge in [-0.1, -0.05) is 6.07 Å². The maximum absolute atomic E-state index is 11.9. The molecule has 2 rings (SSSR count). The van der Waals surface area contributed by atoms with Crippen molar-refractivity contribution in [2.45, 2.75) is 26.3 Å². The molecule has 0 fully saturated rings. The number of rotatable bonds is 5. The van der Waals surface area contributed by atoms with Gasteiger partial charge in [-0.15, -0.1) is 22.7 Å². The van der Waals surface area contributed by atoms with Gasteiger partial charge in [0.15, 0.2) is 0 Å². The number of aromatic carboxylic acids is 1. The molecule has 1 atom stereocenters. The molecule has 1 amide bonds. The Kier molecular flexibility index (Phi) is 4.51. The van der Waals surface area contributed by atoms with Crippen molar-refractivity contribution in [3.8, 4) is 0 Å². The van der Waals surface area contributed by atoms with E-state index in [0.717, 1.165) is 16.2 Å². The minimum absolute atomic E-state index is 0.0929. The number of hydrogen-bond donors (Lipinski definition) is 2. The van der Waals surface area contributed by atoms with Crippen LogP contribution in [-0.2, 0) is 11.2 Å². The number of aromatic nitrogens is 1. The highest BCUT2D eigenvalue weighted by Gasteiger charge is 2.19. The molecule has 0 aliphatic carbocycles. The summed E-state index contributed by atoms with van der Waals surface area (Å²) in [6.45, 7) is 3.46. The summed E-state index contributed by atoms with van der Waals surface area (Å²) in [5.74, 6) is -1.08. The van der Waals surface area contributed by atoms with Crippen LogP contribution < -0.4 is 5.32 Å². The topological polar surface area (TPSA) is 79.3 Å². The van der Waals surface area contributed by atoms with Crippen molar-refractivity contribution in [2.24, 2.45) is 0 Å². The van der Waals surface area contributed by atoms with E-state index in [4.69, 9.17) is 5.11 Å². The van der Waals surface area contributed by atoms with Gasteiger partial charge >= 0.3 is 5.97 Å². The molecule has 2 N–H and O–H groups in total. The Morgan fingerprint density at radius 1 is 1.50 bits per heavy atom. The fourth-order valence-corrected chi connectivity index (χ4v) is 3.34. The maximum Gasteiger partial charge on any atom is 0.347 e. The summed E-state index contributed by atoms with van der Waals surface area (Å²) in [7, 11) is 0. The third-order valence-corrected chi connectivity index (χ3v) is 4.87. The number of amides is 1. The second-order valence-corrected chi connectivity index (χ2v) is 6.38. The Morgan fingerprint density at radius 2 is 2.25 bits per heavy atom. The lowest BCUT2D eigenvalue weighted by atomic mass is 10.3. The minimum atomic E-state index is -0.983. The van der Waals surface area contributed by atoms with Crippen molar-refractivity contribution >= 4 is 34.6 Å². The normalized spacial score (nSPS) is 12.1. The third kappa shape index (κ3) is 3.43. The van der Waals surface area contributed by atoms with E-state index in [0.29, 0.717) is 17.1 Å². The monoisotopic (exact) mass is 310 g/mol. The van der Waals surface area contributed by atoms with Crippen LogP contribution in [0.2, 0.25) is 0 Å². The lowest BCUT2D eigenvalue weighted by Gasteiger charge is -2.10. The average molecular weight is 310 g/mol. The van der Waals surface area contributed by atoms with E-state index in [2.05, 4.69) is 10.3 Å². The number of carboxylic acid groups (broad SMARTS) is 1. The van der Waals surface area contributed by atoms with E-state index in [1.54, 1.807) is 13.8 Å². The van der Waals surface area contributed by atoms with E-state index >= 15 is 0 Å². The Bertz CT molecular complexity index is 620. The van der Waals surface area contributed by atoms with Crippen LogP contribution in [0, 0.1) is 6.92 Å². The first-order valence-corrected chi connectivity index (χ1v) is 7.69. The van der Waals surface area contributed by atoms with E-state index in [1.807, 2.05) is 17.5 Å². The van der Waals surface area contributed by atoms with E-state index in [-0.39, 0.29) is 16.8 Å². The number of carbonyl (C=O) groups excluding carboxylic acids is 1. The highest BCUT2D eigenvalue weighted by molar-refractivity contribution is 7.13. The van der Waals surface area contributed by atoms with Gasteiger partial charge in [0, 0.05) is 4.88 Å². The Labute approximate surface area is 124 Å². The molecule has 2 aromatic rings. The quantitative estimate of drug-likeness (QED) is 0.889. The van der Waals surface area contributed by atoms with Gasteiger partial charge in [0.25, 0.3) is 0 Å². The first-order chi connectivity index (χ1) is 9.47. The number of carboxylic acids is 1. The maximum atomic E-state index is 11.9. The average Bonchev–Trinajstić information content (AvgIpc) is 2.98. The molecule has 2 aromatic heterocycles. The van der Waals surface area contributed by atoms with E-state index < -0.39 is 5.97 Å². The zero-order chi connectivity index (χ0) is 14.7. The Hall–Kier alpha value is -1.73. The van der Waals surface area contributed by atoms with Gasteiger partial charge in [0.2, 0.25) is 5.91 Å². The molecular formula is C13H14N2O3S2. The smallest absolute Gasteiger partial charge is 0.347 e. The zero-order valence-electron chi connectivity index (χ0n) is 11.0. The van der Waals surface area contributed by atoms with Crippen LogP contribution >= 0.6 is 22.7 Å². The minimum Gasteiger partial charge on any atom is -0.477 e.